The fourth-order valence-electron chi connectivity index (χ4n) is 1.94. The predicted molar refractivity (Wildman–Crippen MR) is 79.9 cm³/mol. The van der Waals surface area contributed by atoms with Crippen LogP contribution in [0.1, 0.15) is 35.5 Å². The average molecular weight is 272 g/mol. The van der Waals surface area contributed by atoms with Gasteiger partial charge in [-0.3, -0.25) is 4.79 Å². The Bertz CT molecular complexity index is 597. The topological polar surface area (TPSA) is 68.3 Å². The zero-order valence-corrected chi connectivity index (χ0v) is 12.1. The molecule has 1 aromatic heterocycles. The van der Waals surface area contributed by atoms with Gasteiger partial charge in [0.1, 0.15) is 5.76 Å². The summed E-state index contributed by atoms with van der Waals surface area (Å²) < 4.78 is 5.13. The SMILES string of the molecule is Cc1occc1C(=O)Nc1ccc(C(C)(C)CN)cc1. The third-order valence-electron chi connectivity index (χ3n) is 3.54. The molecule has 0 spiro atoms. The Labute approximate surface area is 119 Å². The Morgan fingerprint density at radius 1 is 1.25 bits per heavy atom. The average Bonchev–Trinajstić information content (AvgIpc) is 2.85. The van der Waals surface area contributed by atoms with E-state index in [-0.39, 0.29) is 11.3 Å². The third-order valence-corrected chi connectivity index (χ3v) is 3.54. The van der Waals surface area contributed by atoms with Crippen LogP contribution in [0.3, 0.4) is 0 Å². The minimum atomic E-state index is -0.165. The number of carbonyl (C=O) groups excluding carboxylic acids is 1. The summed E-state index contributed by atoms with van der Waals surface area (Å²) in [5, 5.41) is 2.85. The highest BCUT2D eigenvalue weighted by Crippen LogP contribution is 2.23. The van der Waals surface area contributed by atoms with Crippen LogP contribution in [0.5, 0.6) is 0 Å². The summed E-state index contributed by atoms with van der Waals surface area (Å²) in [6.07, 6.45) is 1.51. The Kier molecular flexibility index (Phi) is 3.95. The maximum absolute atomic E-state index is 12.0. The van der Waals surface area contributed by atoms with E-state index >= 15 is 0 Å². The lowest BCUT2D eigenvalue weighted by atomic mass is 9.85. The molecular formula is C16H20N2O2. The summed E-state index contributed by atoms with van der Waals surface area (Å²) in [5.41, 5.74) is 8.15. The first-order valence-corrected chi connectivity index (χ1v) is 6.60. The van der Waals surface area contributed by atoms with E-state index in [2.05, 4.69) is 19.2 Å². The number of amides is 1. The van der Waals surface area contributed by atoms with E-state index in [1.165, 1.54) is 6.26 Å². The van der Waals surface area contributed by atoms with Gasteiger partial charge in [-0.1, -0.05) is 26.0 Å². The van der Waals surface area contributed by atoms with E-state index < -0.39 is 0 Å². The molecular weight excluding hydrogens is 252 g/mol. The number of hydrogen-bond acceptors (Lipinski definition) is 3. The molecule has 4 heteroatoms. The van der Waals surface area contributed by atoms with Crippen molar-refractivity contribution < 1.29 is 9.21 Å². The lowest BCUT2D eigenvalue weighted by molar-refractivity contribution is 0.102. The standard InChI is InChI=1S/C16H20N2O2/c1-11-14(8-9-20-11)15(19)18-13-6-4-12(5-7-13)16(2,3)10-17/h4-9H,10,17H2,1-3H3,(H,18,19). The van der Waals surface area contributed by atoms with E-state index in [4.69, 9.17) is 10.2 Å². The van der Waals surface area contributed by atoms with Crippen LogP contribution in [0.15, 0.2) is 41.0 Å². The molecule has 2 aromatic rings. The molecule has 0 saturated heterocycles. The molecule has 0 unspecified atom stereocenters. The minimum Gasteiger partial charge on any atom is -0.469 e. The lowest BCUT2D eigenvalue weighted by Gasteiger charge is -2.23. The molecule has 4 nitrogen and oxygen atoms in total. The second kappa shape index (κ2) is 5.51. The van der Waals surface area contributed by atoms with Crippen molar-refractivity contribution in [3.05, 3.63) is 53.5 Å². The number of carbonyl (C=O) groups is 1. The van der Waals surface area contributed by atoms with Crippen LogP contribution in [-0.2, 0) is 5.41 Å². The Balaban J connectivity index is 2.12. The van der Waals surface area contributed by atoms with Gasteiger partial charge in [-0.05, 0) is 30.7 Å². The molecule has 2 rings (SSSR count). The molecule has 0 atom stereocenters. The number of rotatable bonds is 4. The van der Waals surface area contributed by atoms with Crippen LogP contribution in [0.2, 0.25) is 0 Å². The maximum Gasteiger partial charge on any atom is 0.259 e. The molecule has 20 heavy (non-hydrogen) atoms. The maximum atomic E-state index is 12.0. The highest BCUT2D eigenvalue weighted by molar-refractivity contribution is 6.04. The Hall–Kier alpha value is -2.07. The van der Waals surface area contributed by atoms with E-state index in [0.29, 0.717) is 17.9 Å². The van der Waals surface area contributed by atoms with E-state index in [1.54, 1.807) is 13.0 Å². The summed E-state index contributed by atoms with van der Waals surface area (Å²) in [7, 11) is 0. The van der Waals surface area contributed by atoms with Crippen molar-refractivity contribution in [2.75, 3.05) is 11.9 Å². The van der Waals surface area contributed by atoms with Crippen molar-refractivity contribution in [2.45, 2.75) is 26.2 Å². The number of benzene rings is 1. The summed E-state index contributed by atoms with van der Waals surface area (Å²) in [6.45, 7) is 6.53. The number of aryl methyl sites for hydroxylation is 1. The van der Waals surface area contributed by atoms with Gasteiger partial charge in [0.05, 0.1) is 11.8 Å². The van der Waals surface area contributed by atoms with Crippen molar-refractivity contribution in [3.63, 3.8) is 0 Å². The molecule has 0 radical (unpaired) electrons. The molecule has 3 N–H and O–H groups in total. The van der Waals surface area contributed by atoms with Crippen LogP contribution in [0, 0.1) is 6.92 Å². The highest BCUT2D eigenvalue weighted by atomic mass is 16.3. The summed E-state index contributed by atoms with van der Waals surface area (Å²) in [5.74, 6) is 0.450. The Morgan fingerprint density at radius 2 is 1.90 bits per heavy atom. The number of nitrogens with one attached hydrogen (secondary N) is 1. The summed E-state index contributed by atoms with van der Waals surface area (Å²) >= 11 is 0. The number of nitrogens with two attached hydrogens (primary N) is 1. The largest absolute Gasteiger partial charge is 0.469 e. The molecule has 0 aliphatic carbocycles. The zero-order valence-electron chi connectivity index (χ0n) is 12.1. The van der Waals surface area contributed by atoms with Gasteiger partial charge in [0.2, 0.25) is 0 Å². The quantitative estimate of drug-likeness (QED) is 0.898. The summed E-state index contributed by atoms with van der Waals surface area (Å²) in [6, 6.07) is 9.42. The molecule has 0 saturated carbocycles. The van der Waals surface area contributed by atoms with Crippen LogP contribution in [0.4, 0.5) is 5.69 Å². The lowest BCUT2D eigenvalue weighted by Crippen LogP contribution is -2.27. The summed E-state index contributed by atoms with van der Waals surface area (Å²) in [4.78, 5) is 12.0. The van der Waals surface area contributed by atoms with Crippen molar-refractivity contribution in [1.29, 1.82) is 0 Å². The van der Waals surface area contributed by atoms with E-state index in [1.807, 2.05) is 24.3 Å². The van der Waals surface area contributed by atoms with Gasteiger partial charge < -0.3 is 15.5 Å². The number of anilines is 1. The third kappa shape index (κ3) is 2.91. The van der Waals surface area contributed by atoms with Crippen molar-refractivity contribution in [1.82, 2.24) is 0 Å². The van der Waals surface area contributed by atoms with Gasteiger partial charge >= 0.3 is 0 Å². The van der Waals surface area contributed by atoms with Crippen molar-refractivity contribution >= 4 is 11.6 Å². The normalized spacial score (nSPS) is 11.4. The molecule has 0 bridgehead atoms. The van der Waals surface area contributed by atoms with Crippen molar-refractivity contribution in [3.8, 4) is 0 Å². The zero-order chi connectivity index (χ0) is 14.8. The van der Waals surface area contributed by atoms with Gasteiger partial charge in [-0.15, -0.1) is 0 Å². The van der Waals surface area contributed by atoms with Gasteiger partial charge in [0.15, 0.2) is 0 Å². The second-order valence-electron chi connectivity index (χ2n) is 5.51. The van der Waals surface area contributed by atoms with Gasteiger partial charge in [-0.2, -0.15) is 0 Å². The molecule has 1 heterocycles. The van der Waals surface area contributed by atoms with Crippen LogP contribution < -0.4 is 11.1 Å². The first-order valence-electron chi connectivity index (χ1n) is 6.60. The van der Waals surface area contributed by atoms with Crippen molar-refractivity contribution in [2.24, 2.45) is 5.73 Å². The van der Waals surface area contributed by atoms with Crippen LogP contribution >= 0.6 is 0 Å². The first kappa shape index (κ1) is 14.3. The molecule has 1 amide bonds. The van der Waals surface area contributed by atoms with Gasteiger partial charge in [0, 0.05) is 17.6 Å². The van der Waals surface area contributed by atoms with E-state index in [0.717, 1.165) is 11.3 Å². The molecule has 0 fully saturated rings. The minimum absolute atomic E-state index is 0.0658. The Morgan fingerprint density at radius 3 is 2.40 bits per heavy atom. The smallest absolute Gasteiger partial charge is 0.259 e. The number of hydrogen-bond donors (Lipinski definition) is 2. The fraction of sp³-hybridized carbons (Fsp3) is 0.312. The molecule has 1 aromatic carbocycles. The predicted octanol–water partition coefficient (Wildman–Crippen LogP) is 3.08. The van der Waals surface area contributed by atoms with Crippen LogP contribution in [0.25, 0.3) is 0 Å². The fourth-order valence-corrected chi connectivity index (χ4v) is 1.94. The second-order valence-corrected chi connectivity index (χ2v) is 5.51. The highest BCUT2D eigenvalue weighted by Gasteiger charge is 2.18. The van der Waals surface area contributed by atoms with Gasteiger partial charge in [-0.25, -0.2) is 0 Å². The van der Waals surface area contributed by atoms with Crippen LogP contribution in [-0.4, -0.2) is 12.5 Å². The molecule has 0 aliphatic rings. The van der Waals surface area contributed by atoms with E-state index in [9.17, 15) is 4.79 Å². The first-order chi connectivity index (χ1) is 9.44. The van der Waals surface area contributed by atoms with Gasteiger partial charge in [0.25, 0.3) is 5.91 Å². The number of furan rings is 1. The molecule has 106 valence electrons. The monoisotopic (exact) mass is 272 g/mol. The molecule has 0 aliphatic heterocycles.